The van der Waals surface area contributed by atoms with E-state index in [9.17, 15) is 4.79 Å². The zero-order chi connectivity index (χ0) is 11.1. The van der Waals surface area contributed by atoms with Crippen molar-refractivity contribution in [2.75, 3.05) is 6.54 Å². The molecule has 5 nitrogen and oxygen atoms in total. The molecule has 86 valence electrons. The Kier molecular flexibility index (Phi) is 5.10. The van der Waals surface area contributed by atoms with Crippen LogP contribution in [-0.2, 0) is 0 Å². The van der Waals surface area contributed by atoms with Crippen molar-refractivity contribution in [3.63, 3.8) is 0 Å². The van der Waals surface area contributed by atoms with Gasteiger partial charge in [0.2, 0.25) is 0 Å². The minimum atomic E-state index is -0.503. The summed E-state index contributed by atoms with van der Waals surface area (Å²) in [4.78, 5) is 13.3. The molecule has 0 spiro atoms. The Morgan fingerprint density at radius 2 is 2.27 bits per heavy atom. The summed E-state index contributed by atoms with van der Waals surface area (Å²) in [6.07, 6.45) is 5.74. The van der Waals surface area contributed by atoms with Crippen LogP contribution in [0.15, 0.2) is 9.32 Å². The summed E-state index contributed by atoms with van der Waals surface area (Å²) < 4.78 is 4.46. The van der Waals surface area contributed by atoms with Gasteiger partial charge in [-0.15, -0.1) is 0 Å². The predicted octanol–water partition coefficient (Wildman–Crippen LogP) is 1.38. The molecule has 1 heterocycles. The van der Waals surface area contributed by atoms with Crippen LogP contribution >= 0.6 is 0 Å². The lowest BCUT2D eigenvalue weighted by atomic mass is 10.0. The number of nitrogens with two attached hydrogens (primary N) is 1. The van der Waals surface area contributed by atoms with E-state index in [1.54, 1.807) is 0 Å². The van der Waals surface area contributed by atoms with Crippen molar-refractivity contribution in [2.45, 2.75) is 44.9 Å². The maximum absolute atomic E-state index is 10.8. The fourth-order valence-corrected chi connectivity index (χ4v) is 1.60. The molecule has 1 aromatic rings. The van der Waals surface area contributed by atoms with E-state index < -0.39 is 5.76 Å². The molecule has 1 rings (SSSR count). The highest BCUT2D eigenvalue weighted by Gasteiger charge is 2.14. The van der Waals surface area contributed by atoms with Crippen molar-refractivity contribution in [3.05, 3.63) is 16.4 Å². The fraction of sp³-hybridized carbons (Fsp3) is 0.800. The van der Waals surface area contributed by atoms with Gasteiger partial charge in [-0.25, -0.2) is 4.79 Å². The van der Waals surface area contributed by atoms with Gasteiger partial charge in [0.1, 0.15) is 0 Å². The maximum Gasteiger partial charge on any atom is 0.438 e. The molecule has 5 heteroatoms. The molecule has 0 aliphatic heterocycles. The first-order valence-electron chi connectivity index (χ1n) is 5.53. The molecule has 0 aliphatic carbocycles. The molecule has 1 aromatic heterocycles. The van der Waals surface area contributed by atoms with Crippen molar-refractivity contribution in [1.82, 2.24) is 10.1 Å². The molecular formula is C10H19N3O2. The van der Waals surface area contributed by atoms with Gasteiger partial charge in [0.15, 0.2) is 5.82 Å². The van der Waals surface area contributed by atoms with Gasteiger partial charge in [-0.1, -0.05) is 37.8 Å². The molecule has 15 heavy (non-hydrogen) atoms. The highest BCUT2D eigenvalue weighted by atomic mass is 16.5. The SMILES string of the molecule is CCCCCCC(CN)c1noc(=O)[nH]1. The van der Waals surface area contributed by atoms with Crippen molar-refractivity contribution in [3.8, 4) is 0 Å². The second-order valence-electron chi connectivity index (χ2n) is 3.76. The topological polar surface area (TPSA) is 84.9 Å². The normalized spacial score (nSPS) is 12.9. The standard InChI is InChI=1S/C10H19N3O2/c1-2-3-4-5-6-8(7-11)9-12-10(14)15-13-9/h8H,2-7,11H2,1H3,(H,12,13,14). The van der Waals surface area contributed by atoms with Crippen LogP contribution in [0.25, 0.3) is 0 Å². The van der Waals surface area contributed by atoms with E-state index in [2.05, 4.69) is 21.6 Å². The minimum absolute atomic E-state index is 0.119. The molecule has 0 fully saturated rings. The molecule has 0 radical (unpaired) electrons. The lowest BCUT2D eigenvalue weighted by molar-refractivity contribution is 0.375. The van der Waals surface area contributed by atoms with Crippen LogP contribution in [0, 0.1) is 0 Å². The summed E-state index contributed by atoms with van der Waals surface area (Å²) in [6.45, 7) is 2.67. The third kappa shape index (κ3) is 3.87. The van der Waals surface area contributed by atoms with Gasteiger partial charge < -0.3 is 5.73 Å². The summed E-state index contributed by atoms with van der Waals surface area (Å²) in [5.74, 6) is 0.198. The number of hydrogen-bond donors (Lipinski definition) is 2. The Morgan fingerprint density at radius 3 is 2.80 bits per heavy atom. The number of aromatic nitrogens is 2. The number of rotatable bonds is 7. The van der Waals surface area contributed by atoms with Crippen LogP contribution in [0.4, 0.5) is 0 Å². The van der Waals surface area contributed by atoms with E-state index in [1.807, 2.05) is 0 Å². The van der Waals surface area contributed by atoms with Crippen LogP contribution in [0.5, 0.6) is 0 Å². The van der Waals surface area contributed by atoms with Gasteiger partial charge in [-0.2, -0.15) is 0 Å². The summed E-state index contributed by atoms with van der Waals surface area (Å²) in [5, 5.41) is 3.66. The van der Waals surface area contributed by atoms with Gasteiger partial charge in [0.05, 0.1) is 0 Å². The molecule has 0 bridgehead atoms. The van der Waals surface area contributed by atoms with Gasteiger partial charge >= 0.3 is 5.76 Å². The molecule has 0 saturated heterocycles. The van der Waals surface area contributed by atoms with Crippen molar-refractivity contribution < 1.29 is 4.52 Å². The zero-order valence-corrected chi connectivity index (χ0v) is 9.16. The molecule has 1 unspecified atom stereocenters. The van der Waals surface area contributed by atoms with E-state index in [1.165, 1.54) is 19.3 Å². The van der Waals surface area contributed by atoms with Crippen molar-refractivity contribution in [1.29, 1.82) is 0 Å². The Balaban J connectivity index is 2.39. The largest absolute Gasteiger partial charge is 0.438 e. The van der Waals surface area contributed by atoms with E-state index >= 15 is 0 Å². The smallest absolute Gasteiger partial charge is 0.330 e. The molecule has 0 aromatic carbocycles. The average Bonchev–Trinajstić information content (AvgIpc) is 2.65. The van der Waals surface area contributed by atoms with E-state index in [4.69, 9.17) is 5.73 Å². The van der Waals surface area contributed by atoms with Crippen LogP contribution in [0.1, 0.15) is 50.8 Å². The maximum atomic E-state index is 10.8. The molecular weight excluding hydrogens is 194 g/mol. The second-order valence-corrected chi connectivity index (χ2v) is 3.76. The predicted molar refractivity (Wildman–Crippen MR) is 57.7 cm³/mol. The van der Waals surface area contributed by atoms with E-state index in [0.717, 1.165) is 12.8 Å². The Morgan fingerprint density at radius 1 is 1.47 bits per heavy atom. The van der Waals surface area contributed by atoms with Gasteiger partial charge in [0, 0.05) is 12.5 Å². The summed E-state index contributed by atoms with van der Waals surface area (Å²) in [5.41, 5.74) is 5.63. The van der Waals surface area contributed by atoms with Crippen LogP contribution in [0.2, 0.25) is 0 Å². The molecule has 3 N–H and O–H groups in total. The third-order valence-corrected chi connectivity index (χ3v) is 2.53. The highest BCUT2D eigenvalue weighted by Crippen LogP contribution is 2.17. The quantitative estimate of drug-likeness (QED) is 0.670. The number of aromatic amines is 1. The number of nitrogens with one attached hydrogen (secondary N) is 1. The van der Waals surface area contributed by atoms with E-state index in [0.29, 0.717) is 12.4 Å². The van der Waals surface area contributed by atoms with Crippen molar-refractivity contribution >= 4 is 0 Å². The van der Waals surface area contributed by atoms with Crippen molar-refractivity contribution in [2.24, 2.45) is 5.73 Å². The Labute approximate surface area is 89.0 Å². The fourth-order valence-electron chi connectivity index (χ4n) is 1.60. The monoisotopic (exact) mass is 213 g/mol. The average molecular weight is 213 g/mol. The van der Waals surface area contributed by atoms with Gasteiger partial charge in [-0.05, 0) is 6.42 Å². The Hall–Kier alpha value is -1.10. The molecule has 1 atom stereocenters. The van der Waals surface area contributed by atoms with E-state index in [-0.39, 0.29) is 5.92 Å². The zero-order valence-electron chi connectivity index (χ0n) is 9.16. The summed E-state index contributed by atoms with van der Waals surface area (Å²) >= 11 is 0. The number of hydrogen-bond acceptors (Lipinski definition) is 4. The molecule has 0 saturated carbocycles. The minimum Gasteiger partial charge on any atom is -0.330 e. The van der Waals surface area contributed by atoms with Crippen LogP contribution in [0.3, 0.4) is 0 Å². The van der Waals surface area contributed by atoms with Crippen LogP contribution in [-0.4, -0.2) is 16.7 Å². The summed E-state index contributed by atoms with van der Waals surface area (Å²) in [6, 6.07) is 0. The Bertz CT molecular complexity index is 318. The first kappa shape index (κ1) is 12.0. The number of H-pyrrole nitrogens is 1. The first-order chi connectivity index (χ1) is 7.27. The third-order valence-electron chi connectivity index (χ3n) is 2.53. The second kappa shape index (κ2) is 6.40. The van der Waals surface area contributed by atoms with Gasteiger partial charge in [-0.3, -0.25) is 9.51 Å². The first-order valence-corrected chi connectivity index (χ1v) is 5.53. The summed E-state index contributed by atoms with van der Waals surface area (Å²) in [7, 11) is 0. The number of unbranched alkanes of at least 4 members (excludes halogenated alkanes) is 3. The number of nitrogens with zero attached hydrogens (tertiary/aromatic N) is 1. The molecule has 0 aliphatic rings. The highest BCUT2D eigenvalue weighted by molar-refractivity contribution is 4.92. The van der Waals surface area contributed by atoms with Gasteiger partial charge in [0.25, 0.3) is 0 Å². The molecule has 0 amide bonds. The lowest BCUT2D eigenvalue weighted by Gasteiger charge is -2.09. The lowest BCUT2D eigenvalue weighted by Crippen LogP contribution is -2.14. The van der Waals surface area contributed by atoms with Crippen LogP contribution < -0.4 is 11.5 Å².